The van der Waals surface area contributed by atoms with E-state index in [0.29, 0.717) is 19.1 Å². The van der Waals surface area contributed by atoms with E-state index < -0.39 is 0 Å². The van der Waals surface area contributed by atoms with Gasteiger partial charge >= 0.3 is 0 Å². The first-order chi connectivity index (χ1) is 9.25. The first kappa shape index (κ1) is 12.0. The standard InChI is InChI=1S/C14H17N3O2/c1-10(2)8-17-9-15-16-14(17)11-4-3-5-12-13(11)19-7-6-18-12/h3-5,9-10H,6-8H2,1-2H3. The van der Waals surface area contributed by atoms with Crippen LogP contribution in [0.15, 0.2) is 24.5 Å². The van der Waals surface area contributed by atoms with Crippen LogP contribution in [0.2, 0.25) is 0 Å². The molecule has 0 saturated heterocycles. The zero-order valence-electron chi connectivity index (χ0n) is 11.2. The lowest BCUT2D eigenvalue weighted by Gasteiger charge is -2.21. The Morgan fingerprint density at radius 2 is 2.11 bits per heavy atom. The summed E-state index contributed by atoms with van der Waals surface area (Å²) in [6, 6.07) is 5.87. The Morgan fingerprint density at radius 1 is 1.26 bits per heavy atom. The average molecular weight is 259 g/mol. The number of rotatable bonds is 3. The van der Waals surface area contributed by atoms with Gasteiger partial charge in [-0.3, -0.25) is 0 Å². The van der Waals surface area contributed by atoms with Crippen molar-refractivity contribution in [1.82, 2.24) is 14.8 Å². The van der Waals surface area contributed by atoms with Crippen LogP contribution in [0.1, 0.15) is 13.8 Å². The highest BCUT2D eigenvalue weighted by Gasteiger charge is 2.20. The molecule has 1 aromatic carbocycles. The molecule has 1 aliphatic rings. The molecular formula is C14H17N3O2. The molecule has 2 heterocycles. The molecule has 1 aliphatic heterocycles. The van der Waals surface area contributed by atoms with E-state index in [1.807, 2.05) is 18.2 Å². The fourth-order valence-corrected chi connectivity index (χ4v) is 2.24. The van der Waals surface area contributed by atoms with Gasteiger partial charge in [-0.2, -0.15) is 0 Å². The van der Waals surface area contributed by atoms with Crippen molar-refractivity contribution in [2.75, 3.05) is 13.2 Å². The lowest BCUT2D eigenvalue weighted by Crippen LogP contribution is -2.16. The number of para-hydroxylation sites is 1. The Kier molecular flexibility index (Phi) is 3.11. The van der Waals surface area contributed by atoms with Crippen molar-refractivity contribution < 1.29 is 9.47 Å². The summed E-state index contributed by atoms with van der Waals surface area (Å²) in [5, 5.41) is 8.24. The van der Waals surface area contributed by atoms with Crippen LogP contribution in [0.3, 0.4) is 0 Å². The van der Waals surface area contributed by atoms with Crippen LogP contribution >= 0.6 is 0 Å². The van der Waals surface area contributed by atoms with Crippen LogP contribution in [0.4, 0.5) is 0 Å². The largest absolute Gasteiger partial charge is 0.486 e. The molecule has 0 atom stereocenters. The average Bonchev–Trinajstić information content (AvgIpc) is 2.85. The third kappa shape index (κ3) is 2.28. The Labute approximate surface area is 112 Å². The van der Waals surface area contributed by atoms with Crippen molar-refractivity contribution in [1.29, 1.82) is 0 Å². The molecule has 0 saturated carbocycles. The maximum Gasteiger partial charge on any atom is 0.172 e. The molecule has 0 spiro atoms. The fraction of sp³-hybridized carbons (Fsp3) is 0.429. The van der Waals surface area contributed by atoms with Crippen molar-refractivity contribution >= 4 is 0 Å². The molecular weight excluding hydrogens is 242 g/mol. The second kappa shape index (κ2) is 4.91. The highest BCUT2D eigenvalue weighted by atomic mass is 16.6. The molecule has 100 valence electrons. The van der Waals surface area contributed by atoms with Gasteiger partial charge in [0, 0.05) is 6.54 Å². The van der Waals surface area contributed by atoms with Crippen molar-refractivity contribution in [3.63, 3.8) is 0 Å². The lowest BCUT2D eigenvalue weighted by molar-refractivity contribution is 0.172. The van der Waals surface area contributed by atoms with Gasteiger partial charge in [-0.1, -0.05) is 19.9 Å². The molecule has 5 nitrogen and oxygen atoms in total. The SMILES string of the molecule is CC(C)Cn1cnnc1-c1cccc2c1OCCO2. The van der Waals surface area contributed by atoms with Crippen molar-refractivity contribution in [2.45, 2.75) is 20.4 Å². The Hall–Kier alpha value is -2.04. The summed E-state index contributed by atoms with van der Waals surface area (Å²) in [5.41, 5.74) is 0.940. The van der Waals surface area contributed by atoms with Crippen LogP contribution in [0.5, 0.6) is 11.5 Å². The third-order valence-corrected chi connectivity index (χ3v) is 2.98. The number of benzene rings is 1. The van der Waals surface area contributed by atoms with Crippen LogP contribution in [-0.2, 0) is 6.54 Å². The quantitative estimate of drug-likeness (QED) is 0.849. The van der Waals surface area contributed by atoms with Crippen LogP contribution < -0.4 is 9.47 Å². The monoisotopic (exact) mass is 259 g/mol. The molecule has 0 unspecified atom stereocenters. The number of nitrogens with zero attached hydrogens (tertiary/aromatic N) is 3. The van der Waals surface area contributed by atoms with Crippen molar-refractivity contribution in [3.8, 4) is 22.9 Å². The van der Waals surface area contributed by atoms with Gasteiger partial charge < -0.3 is 14.0 Å². The fourth-order valence-electron chi connectivity index (χ4n) is 2.24. The highest BCUT2D eigenvalue weighted by Crippen LogP contribution is 2.38. The molecule has 0 bridgehead atoms. The van der Waals surface area contributed by atoms with Gasteiger partial charge in [0.1, 0.15) is 19.5 Å². The molecule has 0 fully saturated rings. The number of aromatic nitrogens is 3. The first-order valence-electron chi connectivity index (χ1n) is 6.52. The predicted molar refractivity (Wildman–Crippen MR) is 71.3 cm³/mol. The summed E-state index contributed by atoms with van der Waals surface area (Å²) in [7, 11) is 0. The minimum Gasteiger partial charge on any atom is -0.486 e. The summed E-state index contributed by atoms with van der Waals surface area (Å²) in [6.45, 7) is 6.39. The third-order valence-electron chi connectivity index (χ3n) is 2.98. The van der Waals surface area contributed by atoms with Gasteiger partial charge in [0.25, 0.3) is 0 Å². The molecule has 0 aliphatic carbocycles. The van der Waals surface area contributed by atoms with E-state index >= 15 is 0 Å². The second-order valence-electron chi connectivity index (χ2n) is 5.03. The molecule has 3 rings (SSSR count). The normalized spacial score (nSPS) is 13.8. The molecule has 0 amide bonds. The van der Waals surface area contributed by atoms with E-state index in [1.165, 1.54) is 0 Å². The second-order valence-corrected chi connectivity index (χ2v) is 5.03. The van der Waals surface area contributed by atoms with Crippen LogP contribution in [0, 0.1) is 5.92 Å². The summed E-state index contributed by atoms with van der Waals surface area (Å²) >= 11 is 0. The predicted octanol–water partition coefficient (Wildman–Crippen LogP) is 2.37. The van der Waals surface area contributed by atoms with Gasteiger partial charge in [0.15, 0.2) is 17.3 Å². The van der Waals surface area contributed by atoms with E-state index in [1.54, 1.807) is 6.33 Å². The maximum atomic E-state index is 5.73. The molecule has 0 N–H and O–H groups in total. The Bertz CT molecular complexity index is 578. The van der Waals surface area contributed by atoms with Gasteiger partial charge in [-0.15, -0.1) is 10.2 Å². The highest BCUT2D eigenvalue weighted by molar-refractivity contribution is 5.69. The number of ether oxygens (including phenoxy) is 2. The van der Waals surface area contributed by atoms with Crippen LogP contribution in [0.25, 0.3) is 11.4 Å². The molecule has 2 aromatic rings. The number of hydrogen-bond acceptors (Lipinski definition) is 4. The van der Waals surface area contributed by atoms with E-state index in [9.17, 15) is 0 Å². The summed E-state index contributed by atoms with van der Waals surface area (Å²) in [6.07, 6.45) is 1.76. The van der Waals surface area contributed by atoms with Crippen LogP contribution in [-0.4, -0.2) is 28.0 Å². The van der Waals surface area contributed by atoms with Crippen molar-refractivity contribution in [2.24, 2.45) is 5.92 Å². The van der Waals surface area contributed by atoms with Gasteiger partial charge in [0.05, 0.1) is 5.56 Å². The lowest BCUT2D eigenvalue weighted by atomic mass is 10.1. The van der Waals surface area contributed by atoms with Crippen molar-refractivity contribution in [3.05, 3.63) is 24.5 Å². The van der Waals surface area contributed by atoms with Gasteiger partial charge in [-0.25, -0.2) is 0 Å². The smallest absolute Gasteiger partial charge is 0.172 e. The molecule has 5 heteroatoms. The summed E-state index contributed by atoms with van der Waals surface area (Å²) in [5.74, 6) is 2.91. The molecule has 1 aromatic heterocycles. The summed E-state index contributed by atoms with van der Waals surface area (Å²) in [4.78, 5) is 0. The minimum absolute atomic E-state index is 0.534. The summed E-state index contributed by atoms with van der Waals surface area (Å²) < 4.78 is 13.4. The number of hydrogen-bond donors (Lipinski definition) is 0. The van der Waals surface area contributed by atoms with E-state index in [4.69, 9.17) is 9.47 Å². The maximum absolute atomic E-state index is 5.73. The van der Waals surface area contributed by atoms with E-state index in [2.05, 4.69) is 28.6 Å². The van der Waals surface area contributed by atoms with Gasteiger partial charge in [0.2, 0.25) is 0 Å². The molecule has 0 radical (unpaired) electrons. The van der Waals surface area contributed by atoms with E-state index in [-0.39, 0.29) is 0 Å². The Balaban J connectivity index is 2.05. The minimum atomic E-state index is 0.534. The zero-order chi connectivity index (χ0) is 13.2. The van der Waals surface area contributed by atoms with Gasteiger partial charge in [-0.05, 0) is 18.1 Å². The van der Waals surface area contributed by atoms with E-state index in [0.717, 1.165) is 29.4 Å². The zero-order valence-corrected chi connectivity index (χ0v) is 11.2. The first-order valence-corrected chi connectivity index (χ1v) is 6.52. The topological polar surface area (TPSA) is 49.2 Å². The molecule has 19 heavy (non-hydrogen) atoms. The Morgan fingerprint density at radius 3 is 2.95 bits per heavy atom. The number of fused-ring (bicyclic) bond motifs is 1.